The number of rotatable bonds is 4. The highest BCUT2D eigenvalue weighted by atomic mass is 16.1. The SMILES string of the molecule is CCCc1c2n(c(=O)n3c1cc1ccccc13)C(CC(C)=O)c1cccnc1-2. The lowest BCUT2D eigenvalue weighted by Crippen LogP contribution is -2.30. The number of Topliss-reactive ketones (excluding diaryl/α,β-unsaturated/α-hetero) is 1. The van der Waals surface area contributed by atoms with E-state index in [1.807, 2.05) is 45.4 Å². The van der Waals surface area contributed by atoms with Gasteiger partial charge in [0.2, 0.25) is 0 Å². The molecule has 140 valence electrons. The lowest BCUT2D eigenvalue weighted by Gasteiger charge is -2.17. The van der Waals surface area contributed by atoms with Crippen molar-refractivity contribution in [3.8, 4) is 11.4 Å². The monoisotopic (exact) mass is 371 g/mol. The summed E-state index contributed by atoms with van der Waals surface area (Å²) in [6, 6.07) is 13.6. The van der Waals surface area contributed by atoms with E-state index in [2.05, 4.69) is 18.0 Å². The molecule has 0 saturated heterocycles. The first kappa shape index (κ1) is 16.9. The minimum absolute atomic E-state index is 0.0639. The highest BCUT2D eigenvalue weighted by molar-refractivity contribution is 5.90. The normalized spacial score (nSPS) is 15.1. The van der Waals surface area contributed by atoms with Crippen molar-refractivity contribution in [1.29, 1.82) is 0 Å². The van der Waals surface area contributed by atoms with E-state index in [1.54, 1.807) is 13.1 Å². The van der Waals surface area contributed by atoms with Gasteiger partial charge >= 0.3 is 5.69 Å². The summed E-state index contributed by atoms with van der Waals surface area (Å²) in [5.74, 6) is 0.0639. The van der Waals surface area contributed by atoms with Crippen molar-refractivity contribution in [2.45, 2.75) is 39.2 Å². The molecule has 1 aliphatic heterocycles. The van der Waals surface area contributed by atoms with Crippen LogP contribution < -0.4 is 5.69 Å². The van der Waals surface area contributed by atoms with Gasteiger partial charge in [-0.1, -0.05) is 37.6 Å². The topological polar surface area (TPSA) is 56.4 Å². The zero-order valence-electron chi connectivity index (χ0n) is 16.0. The highest BCUT2D eigenvalue weighted by Gasteiger charge is 2.35. The number of ketones is 1. The second kappa shape index (κ2) is 6.16. The van der Waals surface area contributed by atoms with E-state index >= 15 is 0 Å². The van der Waals surface area contributed by atoms with Crippen LogP contribution in [0.3, 0.4) is 0 Å². The highest BCUT2D eigenvalue weighted by Crippen LogP contribution is 2.42. The number of para-hydroxylation sites is 1. The standard InChI is InChI=1S/C23H21N3O2/c1-3-7-17-20-13-15-8-4-5-10-18(15)25(20)23(28)26-19(12-14(2)27)16-9-6-11-24-21(16)22(17)26/h4-6,8-11,13,19H,3,7,12H2,1-2H3. The summed E-state index contributed by atoms with van der Waals surface area (Å²) in [4.78, 5) is 30.3. The average molecular weight is 371 g/mol. The molecule has 0 spiro atoms. The summed E-state index contributed by atoms with van der Waals surface area (Å²) in [5.41, 5.74) is 5.55. The summed E-state index contributed by atoms with van der Waals surface area (Å²) >= 11 is 0. The fourth-order valence-corrected chi connectivity index (χ4v) is 4.59. The Balaban J connectivity index is 1.98. The molecule has 0 amide bonds. The van der Waals surface area contributed by atoms with Crippen molar-refractivity contribution in [2.24, 2.45) is 0 Å². The number of fused-ring (bicyclic) bond motifs is 6. The Labute approximate surface area is 162 Å². The molecule has 0 radical (unpaired) electrons. The minimum atomic E-state index is -0.301. The number of aromatic nitrogens is 3. The number of carbonyl (C=O) groups is 1. The van der Waals surface area contributed by atoms with Crippen LogP contribution in [0.15, 0.2) is 53.5 Å². The third kappa shape index (κ3) is 2.22. The summed E-state index contributed by atoms with van der Waals surface area (Å²) in [6.07, 6.45) is 3.86. The number of hydrogen-bond acceptors (Lipinski definition) is 3. The van der Waals surface area contributed by atoms with Gasteiger partial charge in [-0.2, -0.15) is 0 Å². The maximum absolute atomic E-state index is 13.7. The van der Waals surface area contributed by atoms with Gasteiger partial charge in [-0.05, 0) is 31.5 Å². The Hall–Kier alpha value is -3.21. The molecule has 1 unspecified atom stereocenters. The average Bonchev–Trinajstić information content (AvgIpc) is 3.22. The summed E-state index contributed by atoms with van der Waals surface area (Å²) in [5, 5.41) is 1.05. The number of nitrogens with zero attached hydrogens (tertiary/aromatic N) is 3. The molecule has 0 fully saturated rings. The Bertz CT molecular complexity index is 1310. The van der Waals surface area contributed by atoms with E-state index in [9.17, 15) is 9.59 Å². The molecule has 1 aromatic carbocycles. The van der Waals surface area contributed by atoms with Crippen LogP contribution >= 0.6 is 0 Å². The fraction of sp³-hybridized carbons (Fsp3) is 0.261. The van der Waals surface area contributed by atoms with Crippen molar-refractivity contribution in [3.63, 3.8) is 0 Å². The Morgan fingerprint density at radius 2 is 1.96 bits per heavy atom. The van der Waals surface area contributed by atoms with E-state index in [1.165, 1.54) is 0 Å². The smallest absolute Gasteiger partial charge is 0.300 e. The van der Waals surface area contributed by atoms with Gasteiger partial charge in [-0.15, -0.1) is 0 Å². The fourth-order valence-electron chi connectivity index (χ4n) is 4.59. The van der Waals surface area contributed by atoms with Crippen molar-refractivity contribution >= 4 is 22.2 Å². The van der Waals surface area contributed by atoms with Gasteiger partial charge in [-0.3, -0.25) is 18.7 Å². The molecule has 5 heteroatoms. The predicted molar refractivity (Wildman–Crippen MR) is 110 cm³/mol. The van der Waals surface area contributed by atoms with Gasteiger partial charge in [0.1, 0.15) is 5.78 Å². The number of benzene rings is 1. The van der Waals surface area contributed by atoms with E-state index in [0.717, 1.165) is 51.8 Å². The van der Waals surface area contributed by atoms with Crippen LogP contribution in [0.4, 0.5) is 0 Å². The van der Waals surface area contributed by atoms with Gasteiger partial charge < -0.3 is 0 Å². The third-order valence-electron chi connectivity index (χ3n) is 5.66. The molecule has 4 heterocycles. The van der Waals surface area contributed by atoms with E-state index in [0.29, 0.717) is 6.42 Å². The first-order chi connectivity index (χ1) is 13.6. The molecule has 0 saturated carbocycles. The number of hydrogen-bond donors (Lipinski definition) is 0. The molecule has 1 aliphatic rings. The van der Waals surface area contributed by atoms with Crippen LogP contribution in [-0.2, 0) is 11.2 Å². The molecular formula is C23H21N3O2. The van der Waals surface area contributed by atoms with Gasteiger partial charge in [0.25, 0.3) is 0 Å². The maximum Gasteiger partial charge on any atom is 0.334 e. The lowest BCUT2D eigenvalue weighted by atomic mass is 10.0. The molecule has 5 nitrogen and oxygen atoms in total. The van der Waals surface area contributed by atoms with Crippen LogP contribution in [0, 0.1) is 0 Å². The second-order valence-corrected chi connectivity index (χ2v) is 7.52. The molecule has 28 heavy (non-hydrogen) atoms. The molecule has 5 rings (SSSR count). The molecule has 3 aromatic heterocycles. The van der Waals surface area contributed by atoms with Crippen molar-refractivity contribution in [2.75, 3.05) is 0 Å². The Morgan fingerprint density at radius 3 is 2.75 bits per heavy atom. The van der Waals surface area contributed by atoms with Crippen LogP contribution in [0.2, 0.25) is 0 Å². The first-order valence-corrected chi connectivity index (χ1v) is 9.74. The Kier molecular flexibility index (Phi) is 3.72. The molecule has 4 aromatic rings. The summed E-state index contributed by atoms with van der Waals surface area (Å²) in [7, 11) is 0. The van der Waals surface area contributed by atoms with Gasteiger partial charge in [0, 0.05) is 29.1 Å². The van der Waals surface area contributed by atoms with Gasteiger partial charge in [0.05, 0.1) is 28.5 Å². The van der Waals surface area contributed by atoms with E-state index < -0.39 is 0 Å². The van der Waals surface area contributed by atoms with Crippen LogP contribution in [0.1, 0.15) is 43.9 Å². The second-order valence-electron chi connectivity index (χ2n) is 7.52. The maximum atomic E-state index is 13.7. The quantitative estimate of drug-likeness (QED) is 0.541. The van der Waals surface area contributed by atoms with Crippen LogP contribution in [0.25, 0.3) is 27.8 Å². The number of aryl methyl sites for hydroxylation is 1. The van der Waals surface area contributed by atoms with Crippen LogP contribution in [0.5, 0.6) is 0 Å². The summed E-state index contributed by atoms with van der Waals surface area (Å²) < 4.78 is 3.62. The molecule has 0 aliphatic carbocycles. The third-order valence-corrected chi connectivity index (χ3v) is 5.66. The first-order valence-electron chi connectivity index (χ1n) is 9.74. The van der Waals surface area contributed by atoms with Crippen molar-refractivity contribution in [1.82, 2.24) is 14.0 Å². The minimum Gasteiger partial charge on any atom is -0.300 e. The zero-order valence-corrected chi connectivity index (χ0v) is 16.0. The summed E-state index contributed by atoms with van der Waals surface area (Å²) in [6.45, 7) is 3.72. The Morgan fingerprint density at radius 1 is 1.14 bits per heavy atom. The molecule has 0 N–H and O–H groups in total. The number of carbonyl (C=O) groups excluding carboxylic acids is 1. The largest absolute Gasteiger partial charge is 0.334 e. The molecule has 0 bridgehead atoms. The van der Waals surface area contributed by atoms with Crippen LogP contribution in [-0.4, -0.2) is 19.7 Å². The molecular weight excluding hydrogens is 350 g/mol. The van der Waals surface area contributed by atoms with E-state index in [4.69, 9.17) is 0 Å². The van der Waals surface area contributed by atoms with Crippen molar-refractivity contribution in [3.05, 3.63) is 70.3 Å². The van der Waals surface area contributed by atoms with Gasteiger partial charge in [0.15, 0.2) is 0 Å². The van der Waals surface area contributed by atoms with Crippen molar-refractivity contribution < 1.29 is 4.79 Å². The van der Waals surface area contributed by atoms with Gasteiger partial charge in [-0.25, -0.2) is 4.79 Å². The molecule has 1 atom stereocenters. The van der Waals surface area contributed by atoms with E-state index in [-0.39, 0.29) is 17.5 Å². The zero-order chi connectivity index (χ0) is 19.4. The predicted octanol–water partition coefficient (Wildman–Crippen LogP) is 4.15. The number of pyridine rings is 1. The lowest BCUT2D eigenvalue weighted by molar-refractivity contribution is -0.117.